The van der Waals surface area contributed by atoms with E-state index in [1.165, 1.54) is 23.8 Å². The minimum Gasteiger partial charge on any atom is -0.497 e. The molecule has 0 unspecified atom stereocenters. The van der Waals surface area contributed by atoms with Gasteiger partial charge in [0.15, 0.2) is 0 Å². The summed E-state index contributed by atoms with van der Waals surface area (Å²) in [5.74, 6) is 0.839. The van der Waals surface area contributed by atoms with Crippen molar-refractivity contribution in [2.75, 3.05) is 17.7 Å². The molecule has 0 fully saturated rings. The third kappa shape index (κ3) is 5.12. The maximum absolute atomic E-state index is 13.6. The first-order valence-corrected chi connectivity index (χ1v) is 11.7. The number of hydrogen-bond donors (Lipinski definition) is 2. The van der Waals surface area contributed by atoms with Crippen LogP contribution in [0.4, 0.5) is 16.3 Å². The van der Waals surface area contributed by atoms with Crippen molar-refractivity contribution in [2.24, 2.45) is 0 Å². The molecule has 1 amide bonds. The first kappa shape index (κ1) is 23.3. The number of aromatic nitrogens is 3. The number of ether oxygens (including phenoxy) is 1. The third-order valence-corrected chi connectivity index (χ3v) is 6.20. The van der Waals surface area contributed by atoms with Crippen LogP contribution in [-0.4, -0.2) is 27.8 Å². The summed E-state index contributed by atoms with van der Waals surface area (Å²) in [5, 5.41) is 10.7. The Kier molecular flexibility index (Phi) is 6.49. The van der Waals surface area contributed by atoms with Crippen LogP contribution in [0.3, 0.4) is 0 Å². The van der Waals surface area contributed by atoms with Crippen LogP contribution < -0.4 is 15.4 Å². The topological polar surface area (TPSA) is 81.1 Å². The number of nitrogens with zero attached hydrogens (tertiary/aromatic N) is 3. The molecule has 1 aliphatic rings. The molecule has 0 bridgehead atoms. The predicted octanol–water partition coefficient (Wildman–Crippen LogP) is 5.53. The van der Waals surface area contributed by atoms with Gasteiger partial charge in [0.25, 0.3) is 11.9 Å². The number of hydrogen-bond acceptors (Lipinski definition) is 5. The number of carbonyl (C=O) groups excluding carboxylic acids is 1. The Balaban J connectivity index is 1.39. The number of rotatable bonds is 6. The van der Waals surface area contributed by atoms with Crippen LogP contribution in [0.2, 0.25) is 0 Å². The quantitative estimate of drug-likeness (QED) is 0.352. The number of methoxy groups -OCH3 is 1. The molecule has 5 rings (SSSR count). The molecule has 2 heterocycles. The van der Waals surface area contributed by atoms with E-state index in [1.807, 2.05) is 31.2 Å². The van der Waals surface area contributed by atoms with E-state index >= 15 is 0 Å². The van der Waals surface area contributed by atoms with Gasteiger partial charge in [-0.1, -0.05) is 54.1 Å². The summed E-state index contributed by atoms with van der Waals surface area (Å²) in [4.78, 5) is 17.1. The molecule has 0 radical (unpaired) electrons. The van der Waals surface area contributed by atoms with Gasteiger partial charge in [-0.2, -0.15) is 4.98 Å². The van der Waals surface area contributed by atoms with Crippen LogP contribution in [0, 0.1) is 12.7 Å². The minimum atomic E-state index is -0.345. The first-order valence-electron chi connectivity index (χ1n) is 11.7. The summed E-state index contributed by atoms with van der Waals surface area (Å²) >= 11 is 0. The summed E-state index contributed by atoms with van der Waals surface area (Å²) in [6.07, 6.45) is 3.83. The van der Waals surface area contributed by atoms with Gasteiger partial charge in [0, 0.05) is 6.08 Å². The van der Waals surface area contributed by atoms with Gasteiger partial charge in [0.2, 0.25) is 5.95 Å². The Morgan fingerprint density at radius 3 is 2.44 bits per heavy atom. The maximum atomic E-state index is 13.6. The SMILES string of the molecule is COc1ccc(/C=C/C(=O)Nc2nc3n(n2)[C@H](c2ccc(F)cc2)C[C@H](c2ccc(C)cc2)N3)cc1. The van der Waals surface area contributed by atoms with Gasteiger partial charge in [-0.05, 0) is 60.4 Å². The number of halogens is 1. The van der Waals surface area contributed by atoms with E-state index < -0.39 is 0 Å². The fourth-order valence-electron chi connectivity index (χ4n) is 4.25. The lowest BCUT2D eigenvalue weighted by Gasteiger charge is -2.31. The molecular formula is C28H26FN5O2. The van der Waals surface area contributed by atoms with Gasteiger partial charge in [-0.3, -0.25) is 10.1 Å². The molecule has 4 aromatic rings. The molecule has 7 nitrogen and oxygen atoms in total. The second-order valence-corrected chi connectivity index (χ2v) is 8.71. The molecule has 0 saturated carbocycles. The normalized spacial score (nSPS) is 16.9. The van der Waals surface area contributed by atoms with Gasteiger partial charge in [0.05, 0.1) is 19.2 Å². The Hall–Kier alpha value is -4.46. The molecule has 0 spiro atoms. The summed E-state index contributed by atoms with van der Waals surface area (Å²) in [6, 6.07) is 21.9. The highest BCUT2D eigenvalue weighted by atomic mass is 19.1. The minimum absolute atomic E-state index is 0.0177. The van der Waals surface area contributed by atoms with Crippen LogP contribution in [0.25, 0.3) is 6.08 Å². The molecule has 8 heteroatoms. The molecule has 1 aliphatic heterocycles. The number of benzene rings is 3. The van der Waals surface area contributed by atoms with Gasteiger partial charge in [-0.15, -0.1) is 5.10 Å². The van der Waals surface area contributed by atoms with Gasteiger partial charge in [0.1, 0.15) is 11.6 Å². The van der Waals surface area contributed by atoms with Crippen molar-refractivity contribution < 1.29 is 13.9 Å². The van der Waals surface area contributed by atoms with E-state index in [9.17, 15) is 9.18 Å². The van der Waals surface area contributed by atoms with Crippen molar-refractivity contribution in [2.45, 2.75) is 25.4 Å². The second kappa shape index (κ2) is 10.0. The molecule has 2 atom stereocenters. The molecule has 2 N–H and O–H groups in total. The van der Waals surface area contributed by atoms with Crippen molar-refractivity contribution in [1.29, 1.82) is 0 Å². The van der Waals surface area contributed by atoms with E-state index in [1.54, 1.807) is 30.0 Å². The predicted molar refractivity (Wildman–Crippen MR) is 137 cm³/mol. The number of fused-ring (bicyclic) bond motifs is 1. The van der Waals surface area contributed by atoms with E-state index in [2.05, 4.69) is 45.0 Å². The molecular weight excluding hydrogens is 457 g/mol. The fourth-order valence-corrected chi connectivity index (χ4v) is 4.25. The van der Waals surface area contributed by atoms with Crippen LogP contribution in [0.5, 0.6) is 5.75 Å². The first-order chi connectivity index (χ1) is 17.5. The lowest BCUT2D eigenvalue weighted by molar-refractivity contribution is -0.111. The lowest BCUT2D eigenvalue weighted by Crippen LogP contribution is -2.28. The van der Waals surface area contributed by atoms with Gasteiger partial charge >= 0.3 is 0 Å². The summed E-state index contributed by atoms with van der Waals surface area (Å²) in [7, 11) is 1.61. The summed E-state index contributed by atoms with van der Waals surface area (Å²) < 4.78 is 20.5. The zero-order chi connectivity index (χ0) is 25.1. The Bertz CT molecular complexity index is 1380. The Morgan fingerprint density at radius 1 is 1.06 bits per heavy atom. The van der Waals surface area contributed by atoms with Crippen LogP contribution >= 0.6 is 0 Å². The van der Waals surface area contributed by atoms with Gasteiger partial charge < -0.3 is 10.1 Å². The Morgan fingerprint density at radius 2 is 1.75 bits per heavy atom. The highest BCUT2D eigenvalue weighted by molar-refractivity contribution is 6.00. The number of anilines is 2. The van der Waals surface area contributed by atoms with Crippen molar-refractivity contribution >= 4 is 23.9 Å². The second-order valence-electron chi connectivity index (χ2n) is 8.71. The maximum Gasteiger partial charge on any atom is 0.250 e. The molecule has 36 heavy (non-hydrogen) atoms. The average Bonchev–Trinajstić information content (AvgIpc) is 3.30. The number of amides is 1. The monoisotopic (exact) mass is 483 g/mol. The van der Waals surface area contributed by atoms with E-state index in [0.29, 0.717) is 12.4 Å². The lowest BCUT2D eigenvalue weighted by atomic mass is 9.93. The fraction of sp³-hybridized carbons (Fsp3) is 0.179. The van der Waals surface area contributed by atoms with Crippen molar-refractivity contribution in [1.82, 2.24) is 14.8 Å². The number of aryl methyl sites for hydroxylation is 1. The van der Waals surface area contributed by atoms with Crippen molar-refractivity contribution in [3.63, 3.8) is 0 Å². The largest absolute Gasteiger partial charge is 0.497 e. The molecule has 0 aliphatic carbocycles. The highest BCUT2D eigenvalue weighted by Gasteiger charge is 2.31. The smallest absolute Gasteiger partial charge is 0.250 e. The average molecular weight is 484 g/mol. The third-order valence-electron chi connectivity index (χ3n) is 6.20. The molecule has 182 valence electrons. The summed E-state index contributed by atoms with van der Waals surface area (Å²) in [6.45, 7) is 2.05. The zero-order valence-corrected chi connectivity index (χ0v) is 20.0. The van der Waals surface area contributed by atoms with Crippen LogP contribution in [0.1, 0.15) is 40.8 Å². The van der Waals surface area contributed by atoms with E-state index in [-0.39, 0.29) is 29.8 Å². The van der Waals surface area contributed by atoms with Crippen molar-refractivity contribution in [3.8, 4) is 5.75 Å². The van der Waals surface area contributed by atoms with Crippen LogP contribution in [-0.2, 0) is 4.79 Å². The standard InChI is InChI=1S/C28H26FN5O2/c1-18-3-8-20(9-4-18)24-17-25(21-10-12-22(29)13-11-21)34-28(30-24)32-27(33-34)31-26(35)16-7-19-5-14-23(36-2)15-6-19/h3-16,24-25H,17H2,1-2H3,(H2,30,31,32,33,35)/b16-7+/t24-,25+/m1/s1. The highest BCUT2D eigenvalue weighted by Crippen LogP contribution is 2.38. The Labute approximate surface area is 208 Å². The van der Waals surface area contributed by atoms with Crippen molar-refractivity contribution in [3.05, 3.63) is 107 Å². The van der Waals surface area contributed by atoms with E-state index in [0.717, 1.165) is 22.4 Å². The number of nitrogens with one attached hydrogen (secondary N) is 2. The van der Waals surface area contributed by atoms with Gasteiger partial charge in [-0.25, -0.2) is 9.07 Å². The number of carbonyl (C=O) groups is 1. The molecule has 3 aromatic carbocycles. The van der Waals surface area contributed by atoms with E-state index in [4.69, 9.17) is 4.74 Å². The summed E-state index contributed by atoms with van der Waals surface area (Å²) in [5.41, 5.74) is 4.08. The van der Waals surface area contributed by atoms with Crippen LogP contribution in [0.15, 0.2) is 78.9 Å². The molecule has 0 saturated heterocycles. The molecule has 1 aromatic heterocycles. The zero-order valence-electron chi connectivity index (χ0n) is 20.0.